The summed E-state index contributed by atoms with van der Waals surface area (Å²) in [4.78, 5) is 26.0. The number of rotatable bonds is 8. The summed E-state index contributed by atoms with van der Waals surface area (Å²) >= 11 is 0. The molecule has 8 heteroatoms. The summed E-state index contributed by atoms with van der Waals surface area (Å²) in [6.07, 6.45) is 4.23. The fourth-order valence-corrected chi connectivity index (χ4v) is 5.18. The summed E-state index contributed by atoms with van der Waals surface area (Å²) in [7, 11) is 0. The molecule has 0 saturated heterocycles. The maximum absolute atomic E-state index is 13.2. The predicted molar refractivity (Wildman–Crippen MR) is 155 cm³/mol. The van der Waals surface area contributed by atoms with E-state index in [1.807, 2.05) is 44.2 Å². The van der Waals surface area contributed by atoms with Gasteiger partial charge in [0.1, 0.15) is 11.5 Å². The van der Waals surface area contributed by atoms with E-state index in [2.05, 4.69) is 15.7 Å². The molecule has 1 aliphatic rings. The molecule has 8 nitrogen and oxygen atoms in total. The highest BCUT2D eigenvalue weighted by Crippen LogP contribution is 2.38. The maximum atomic E-state index is 13.2. The summed E-state index contributed by atoms with van der Waals surface area (Å²) in [6, 6.07) is 21.4. The van der Waals surface area contributed by atoms with Crippen LogP contribution in [0.5, 0.6) is 11.5 Å². The maximum Gasteiger partial charge on any atom is 0.342 e. The number of hydrogen-bond donors (Lipinski definition) is 3. The van der Waals surface area contributed by atoms with Gasteiger partial charge in [0.2, 0.25) is 0 Å². The zero-order valence-corrected chi connectivity index (χ0v) is 22.8. The monoisotopic (exact) mass is 538 g/mol. The van der Waals surface area contributed by atoms with E-state index >= 15 is 0 Å². The van der Waals surface area contributed by atoms with Crippen LogP contribution in [-0.2, 0) is 6.54 Å². The topological polar surface area (TPSA) is 105 Å². The fraction of sp³-hybridized carbons (Fsp3) is 0.281. The van der Waals surface area contributed by atoms with E-state index in [1.165, 1.54) is 10.7 Å². The number of nitrogens with zero attached hydrogens (tertiary/aromatic N) is 2. The van der Waals surface area contributed by atoms with Gasteiger partial charge in [0, 0.05) is 35.3 Å². The van der Waals surface area contributed by atoms with Gasteiger partial charge in [-0.05, 0) is 74.7 Å². The highest BCUT2D eigenvalue weighted by molar-refractivity contribution is 6.04. The third-order valence-corrected chi connectivity index (χ3v) is 7.19. The zero-order valence-electron chi connectivity index (χ0n) is 22.8. The molecule has 1 heterocycles. The van der Waals surface area contributed by atoms with E-state index in [1.54, 1.807) is 36.4 Å². The fourth-order valence-electron chi connectivity index (χ4n) is 5.18. The number of phenols is 1. The summed E-state index contributed by atoms with van der Waals surface area (Å²) in [5.41, 5.74) is 4.92. The van der Waals surface area contributed by atoms with E-state index < -0.39 is 0 Å². The number of anilines is 1. The second-order valence-electron chi connectivity index (χ2n) is 10.1. The van der Waals surface area contributed by atoms with E-state index in [9.17, 15) is 14.7 Å². The Morgan fingerprint density at radius 1 is 1.02 bits per heavy atom. The standard InChI is InChI=1S/C32H34N4O4/c1-3-40-26-14-11-24(12-15-26)31(38)34-25-13-16-27(30(37)18-25)28-19-29(23-9-4-5-10-23)36(35-28)32(39)33-20-22-8-6-7-21(2)17-22/h6-8,11-19,23,37H,3-5,9-10,20H2,1-2H3,(H,33,39)(H,34,38). The van der Waals surface area contributed by atoms with Gasteiger partial charge in [-0.2, -0.15) is 9.78 Å². The van der Waals surface area contributed by atoms with Crippen molar-refractivity contribution in [3.63, 3.8) is 0 Å². The Kier molecular flexibility index (Phi) is 8.15. The van der Waals surface area contributed by atoms with Crippen molar-refractivity contribution >= 4 is 17.6 Å². The quantitative estimate of drug-likeness (QED) is 0.233. The van der Waals surface area contributed by atoms with E-state index in [0.717, 1.165) is 42.5 Å². The SMILES string of the molecule is CCOc1ccc(C(=O)Nc2ccc(-c3cc(C4CCCC4)n(C(=O)NCc4cccc(C)c4)n3)c(O)c2)cc1. The Morgan fingerprint density at radius 2 is 1.80 bits per heavy atom. The summed E-state index contributed by atoms with van der Waals surface area (Å²) in [6.45, 7) is 4.87. The van der Waals surface area contributed by atoms with Crippen molar-refractivity contribution < 1.29 is 19.4 Å². The zero-order chi connectivity index (χ0) is 28.1. The molecule has 0 radical (unpaired) electrons. The molecule has 0 aliphatic heterocycles. The number of aromatic hydroxyl groups is 1. The predicted octanol–water partition coefficient (Wildman–Crippen LogP) is 6.63. The van der Waals surface area contributed by atoms with Crippen LogP contribution < -0.4 is 15.4 Å². The molecule has 0 atom stereocenters. The van der Waals surface area contributed by atoms with Gasteiger partial charge >= 0.3 is 6.03 Å². The van der Waals surface area contributed by atoms with Crippen LogP contribution >= 0.6 is 0 Å². The van der Waals surface area contributed by atoms with Crippen LogP contribution in [0.25, 0.3) is 11.3 Å². The highest BCUT2D eigenvalue weighted by Gasteiger charge is 2.26. The van der Waals surface area contributed by atoms with Crippen LogP contribution in [0.3, 0.4) is 0 Å². The number of carbonyl (C=O) groups excluding carboxylic acids is 2. The van der Waals surface area contributed by atoms with Crippen molar-refractivity contribution in [3.8, 4) is 22.8 Å². The van der Waals surface area contributed by atoms with Gasteiger partial charge in [-0.3, -0.25) is 4.79 Å². The Morgan fingerprint density at radius 3 is 2.50 bits per heavy atom. The lowest BCUT2D eigenvalue weighted by Crippen LogP contribution is -2.30. The summed E-state index contributed by atoms with van der Waals surface area (Å²) in [5, 5.41) is 21.3. The molecule has 0 unspecified atom stereocenters. The summed E-state index contributed by atoms with van der Waals surface area (Å²) in [5.74, 6) is 0.600. The molecular formula is C32H34N4O4. The van der Waals surface area contributed by atoms with Crippen molar-refractivity contribution in [2.24, 2.45) is 0 Å². The number of hydrogen-bond acceptors (Lipinski definition) is 5. The van der Waals surface area contributed by atoms with E-state index in [0.29, 0.717) is 41.4 Å². The Hall–Kier alpha value is -4.59. The highest BCUT2D eigenvalue weighted by atomic mass is 16.5. The van der Waals surface area contributed by atoms with Crippen LogP contribution in [0.2, 0.25) is 0 Å². The first-order valence-corrected chi connectivity index (χ1v) is 13.7. The molecule has 3 aromatic carbocycles. The number of ether oxygens (including phenoxy) is 1. The van der Waals surface area contributed by atoms with Crippen molar-refractivity contribution in [2.75, 3.05) is 11.9 Å². The van der Waals surface area contributed by atoms with E-state index in [-0.39, 0.29) is 23.6 Å². The van der Waals surface area contributed by atoms with Crippen LogP contribution in [-0.4, -0.2) is 33.4 Å². The molecule has 1 aliphatic carbocycles. The number of aromatic nitrogens is 2. The molecule has 206 valence electrons. The smallest absolute Gasteiger partial charge is 0.342 e. The third-order valence-electron chi connectivity index (χ3n) is 7.19. The van der Waals surface area contributed by atoms with Gasteiger partial charge in [-0.1, -0.05) is 42.7 Å². The number of nitrogens with one attached hydrogen (secondary N) is 2. The normalized spacial score (nSPS) is 13.2. The first-order chi connectivity index (χ1) is 19.4. The first kappa shape index (κ1) is 27.0. The second-order valence-corrected chi connectivity index (χ2v) is 10.1. The van der Waals surface area contributed by atoms with Crippen LogP contribution in [0.1, 0.15) is 65.7 Å². The van der Waals surface area contributed by atoms with Crippen molar-refractivity contribution in [1.29, 1.82) is 0 Å². The van der Waals surface area contributed by atoms with Gasteiger partial charge in [-0.25, -0.2) is 4.79 Å². The average molecular weight is 539 g/mol. The molecule has 1 saturated carbocycles. The van der Waals surface area contributed by atoms with Crippen molar-refractivity contribution in [1.82, 2.24) is 15.1 Å². The van der Waals surface area contributed by atoms with Gasteiger partial charge in [0.05, 0.1) is 18.0 Å². The third kappa shape index (κ3) is 6.17. The van der Waals surface area contributed by atoms with Crippen LogP contribution in [0.15, 0.2) is 72.8 Å². The molecule has 40 heavy (non-hydrogen) atoms. The largest absolute Gasteiger partial charge is 0.507 e. The molecule has 5 rings (SSSR count). The minimum Gasteiger partial charge on any atom is -0.507 e. The average Bonchev–Trinajstić information content (AvgIpc) is 3.63. The number of amides is 2. The van der Waals surface area contributed by atoms with Crippen LogP contribution in [0.4, 0.5) is 10.5 Å². The number of phenolic OH excluding ortho intramolecular Hbond substituents is 1. The van der Waals surface area contributed by atoms with E-state index in [4.69, 9.17) is 4.74 Å². The molecule has 2 amide bonds. The lowest BCUT2D eigenvalue weighted by molar-refractivity contribution is 0.102. The minimum atomic E-state index is -0.298. The second kappa shape index (κ2) is 12.1. The first-order valence-electron chi connectivity index (χ1n) is 13.7. The van der Waals surface area contributed by atoms with Crippen LogP contribution in [0, 0.1) is 6.92 Å². The Balaban J connectivity index is 1.34. The Labute approximate surface area is 234 Å². The molecule has 0 spiro atoms. The molecule has 3 N–H and O–H groups in total. The number of carbonyl (C=O) groups is 2. The van der Waals surface area contributed by atoms with Crippen molar-refractivity contribution in [3.05, 3.63) is 95.2 Å². The van der Waals surface area contributed by atoms with Crippen molar-refractivity contribution in [2.45, 2.75) is 52.0 Å². The Bertz CT molecular complexity index is 1500. The number of aryl methyl sites for hydroxylation is 1. The molecule has 1 fully saturated rings. The molecular weight excluding hydrogens is 504 g/mol. The lowest BCUT2D eigenvalue weighted by atomic mass is 10.0. The van der Waals surface area contributed by atoms with Gasteiger partial charge in [0.25, 0.3) is 5.91 Å². The number of benzene rings is 3. The molecule has 1 aromatic heterocycles. The van der Waals surface area contributed by atoms with Gasteiger partial charge in [-0.15, -0.1) is 0 Å². The lowest BCUT2D eigenvalue weighted by Gasteiger charge is -2.12. The molecule has 4 aromatic rings. The minimum absolute atomic E-state index is 0.0349. The molecule has 0 bridgehead atoms. The van der Waals surface area contributed by atoms with Gasteiger partial charge < -0.3 is 20.5 Å². The van der Waals surface area contributed by atoms with Gasteiger partial charge in [0.15, 0.2) is 0 Å². The summed E-state index contributed by atoms with van der Waals surface area (Å²) < 4.78 is 6.87.